The van der Waals surface area contributed by atoms with E-state index in [1.54, 1.807) is 23.7 Å². The molecule has 14 nitrogen and oxygen atoms in total. The van der Waals surface area contributed by atoms with Gasteiger partial charge in [-0.15, -0.1) is 0 Å². The molecule has 53 heavy (non-hydrogen) atoms. The van der Waals surface area contributed by atoms with Crippen LogP contribution in [0.4, 0.5) is 0 Å². The average Bonchev–Trinajstić information content (AvgIpc) is 3.69. The highest BCUT2D eigenvalue weighted by Crippen LogP contribution is 2.32. The van der Waals surface area contributed by atoms with Crippen molar-refractivity contribution in [2.24, 2.45) is 11.8 Å². The molecule has 1 saturated heterocycles. The van der Waals surface area contributed by atoms with Crippen LogP contribution in [0.2, 0.25) is 0 Å². The second-order valence-electron chi connectivity index (χ2n) is 14.9. The summed E-state index contributed by atoms with van der Waals surface area (Å²) in [5.74, 6) is 0.467. The Kier molecular flexibility index (Phi) is 12.1. The highest BCUT2D eigenvalue weighted by molar-refractivity contribution is 5.95. The molecule has 2 fully saturated rings. The summed E-state index contributed by atoms with van der Waals surface area (Å²) in [5.41, 5.74) is 1.68. The van der Waals surface area contributed by atoms with Crippen LogP contribution in [0, 0.1) is 11.8 Å². The van der Waals surface area contributed by atoms with E-state index >= 15 is 0 Å². The number of benzene rings is 2. The molecule has 3 aliphatic heterocycles. The van der Waals surface area contributed by atoms with Crippen LogP contribution in [0.1, 0.15) is 81.7 Å². The van der Waals surface area contributed by atoms with Crippen LogP contribution in [0.3, 0.4) is 0 Å². The molecular formula is C39H50N8O6. The van der Waals surface area contributed by atoms with Gasteiger partial charge in [-0.05, 0) is 74.1 Å². The van der Waals surface area contributed by atoms with E-state index in [0.717, 1.165) is 24.0 Å². The van der Waals surface area contributed by atoms with Gasteiger partial charge < -0.3 is 31.3 Å². The van der Waals surface area contributed by atoms with E-state index in [4.69, 9.17) is 14.8 Å². The lowest BCUT2D eigenvalue weighted by atomic mass is 10.0. The molecule has 5 N–H and O–H groups in total. The maximum absolute atomic E-state index is 13.9. The fourth-order valence-electron chi connectivity index (χ4n) is 6.77. The molecule has 1 aliphatic carbocycles. The van der Waals surface area contributed by atoms with Gasteiger partial charge in [-0.1, -0.05) is 56.3 Å². The zero-order chi connectivity index (χ0) is 37.5. The fraction of sp³-hybridized carbons (Fsp3) is 0.513. The normalized spacial score (nSPS) is 24.3. The summed E-state index contributed by atoms with van der Waals surface area (Å²) in [6.07, 6.45) is 4.62. The van der Waals surface area contributed by atoms with E-state index in [-0.39, 0.29) is 49.8 Å². The Morgan fingerprint density at radius 2 is 1.66 bits per heavy atom. The molecule has 14 heteroatoms. The van der Waals surface area contributed by atoms with E-state index in [1.807, 2.05) is 42.5 Å². The first-order valence-corrected chi connectivity index (χ1v) is 18.7. The Morgan fingerprint density at radius 1 is 0.906 bits per heavy atom. The molecule has 0 spiro atoms. The summed E-state index contributed by atoms with van der Waals surface area (Å²) in [7, 11) is 0. The predicted octanol–water partition coefficient (Wildman–Crippen LogP) is 2.06. The quantitative estimate of drug-likeness (QED) is 0.234. The average molecular weight is 727 g/mol. The van der Waals surface area contributed by atoms with Crippen molar-refractivity contribution in [3.05, 3.63) is 77.4 Å². The third-order valence-electron chi connectivity index (χ3n) is 9.75. The number of aromatic nitrogens is 3. The first-order valence-electron chi connectivity index (χ1n) is 18.7. The molecule has 5 amide bonds. The number of fused-ring (bicyclic) bond motifs is 14. The van der Waals surface area contributed by atoms with Gasteiger partial charge in [0, 0.05) is 19.3 Å². The SMILES string of the molecule is CC(C)C[C@H]1COc2ccc(cc2)C[C@H](NC(=O)[C@@H]2CCC(=O)N2)C(=O)N[C@H](C)C(=O)N[C@H](Cc2ccccc2)c2nc(CC3CC3)nn2CC(=O)N1. The number of nitrogens with one attached hydrogen (secondary N) is 5. The standard InChI is InChI=1S/C39H50N8O6/c1-23(2)17-28-22-53-29-13-11-26(12-14-29)19-32(44-38(51)30-15-16-34(48)42-30)39(52)40-24(3)37(50)43-31(18-25-7-5-4-6-8-25)36-45-33(20-27-9-10-27)46-47(36)21-35(49)41-28/h4-8,11-14,23-24,27-28,30-32H,9-10,15-22H2,1-3H3,(H,40,52)(H,41,49)(H,42,48)(H,43,50)(H,44,51)/t24-,28+,30+,31-,32+/m1/s1. The van der Waals surface area contributed by atoms with Crippen molar-refractivity contribution in [3.63, 3.8) is 0 Å². The zero-order valence-electron chi connectivity index (χ0n) is 30.6. The Balaban J connectivity index is 1.32. The maximum Gasteiger partial charge on any atom is 0.243 e. The predicted molar refractivity (Wildman–Crippen MR) is 195 cm³/mol. The third kappa shape index (κ3) is 10.6. The highest BCUT2D eigenvalue weighted by atomic mass is 16.5. The van der Waals surface area contributed by atoms with E-state index < -0.39 is 41.9 Å². The van der Waals surface area contributed by atoms with Gasteiger partial charge in [0.15, 0.2) is 11.6 Å². The summed E-state index contributed by atoms with van der Waals surface area (Å²) in [4.78, 5) is 71.3. The third-order valence-corrected chi connectivity index (χ3v) is 9.75. The van der Waals surface area contributed by atoms with Gasteiger partial charge in [0.25, 0.3) is 0 Å². The number of nitrogens with zero attached hydrogens (tertiary/aromatic N) is 3. The molecule has 1 aromatic heterocycles. The van der Waals surface area contributed by atoms with Gasteiger partial charge in [0.05, 0.1) is 12.1 Å². The van der Waals surface area contributed by atoms with E-state index in [2.05, 4.69) is 40.4 Å². The van der Waals surface area contributed by atoms with E-state index in [1.165, 1.54) is 0 Å². The van der Waals surface area contributed by atoms with Crippen LogP contribution in [-0.4, -0.2) is 75.1 Å². The molecule has 2 bridgehead atoms. The van der Waals surface area contributed by atoms with Crippen LogP contribution >= 0.6 is 0 Å². The van der Waals surface area contributed by atoms with Crippen molar-refractivity contribution in [3.8, 4) is 5.75 Å². The van der Waals surface area contributed by atoms with Crippen LogP contribution in [0.15, 0.2) is 54.6 Å². The number of hydrogen-bond acceptors (Lipinski definition) is 8. The van der Waals surface area contributed by atoms with Crippen LogP contribution in [0.25, 0.3) is 0 Å². The zero-order valence-corrected chi connectivity index (χ0v) is 30.6. The Hall–Kier alpha value is -5.27. The van der Waals surface area contributed by atoms with Crippen molar-refractivity contribution >= 4 is 29.5 Å². The Morgan fingerprint density at radius 3 is 2.34 bits per heavy atom. The molecule has 1 saturated carbocycles. The molecular weight excluding hydrogens is 676 g/mol. The molecule has 4 heterocycles. The molecule has 5 atom stereocenters. The van der Waals surface area contributed by atoms with Crippen molar-refractivity contribution < 1.29 is 28.7 Å². The second kappa shape index (κ2) is 17.0. The van der Waals surface area contributed by atoms with Gasteiger partial charge in [-0.3, -0.25) is 24.0 Å². The Labute approximate surface area is 309 Å². The van der Waals surface area contributed by atoms with Crippen LogP contribution in [-0.2, 0) is 49.8 Å². The number of rotatable bonds is 8. The monoisotopic (exact) mass is 726 g/mol. The number of hydrogen-bond donors (Lipinski definition) is 5. The smallest absolute Gasteiger partial charge is 0.243 e. The van der Waals surface area contributed by atoms with Crippen molar-refractivity contribution in [1.82, 2.24) is 41.3 Å². The maximum atomic E-state index is 13.9. The first-order chi connectivity index (χ1) is 25.5. The largest absolute Gasteiger partial charge is 0.491 e. The number of amides is 5. The number of carbonyl (C=O) groups is 5. The highest BCUT2D eigenvalue weighted by Gasteiger charge is 2.33. The van der Waals surface area contributed by atoms with Gasteiger partial charge in [-0.2, -0.15) is 5.10 Å². The lowest BCUT2D eigenvalue weighted by molar-refractivity contribution is -0.132. The molecule has 2 aromatic carbocycles. The van der Waals surface area contributed by atoms with Gasteiger partial charge >= 0.3 is 0 Å². The molecule has 0 radical (unpaired) electrons. The topological polar surface area (TPSA) is 185 Å². The molecule has 3 aromatic rings. The second-order valence-corrected chi connectivity index (χ2v) is 14.9. The first kappa shape index (κ1) is 37.5. The minimum absolute atomic E-state index is 0.105. The lowest BCUT2D eigenvalue weighted by Gasteiger charge is -2.25. The van der Waals surface area contributed by atoms with Gasteiger partial charge in [0.2, 0.25) is 29.5 Å². The van der Waals surface area contributed by atoms with Crippen LogP contribution < -0.4 is 31.3 Å². The van der Waals surface area contributed by atoms with E-state index in [0.29, 0.717) is 49.0 Å². The van der Waals surface area contributed by atoms with Gasteiger partial charge in [-0.25, -0.2) is 9.67 Å². The molecule has 4 aliphatic rings. The molecule has 0 unspecified atom stereocenters. The van der Waals surface area contributed by atoms with Crippen molar-refractivity contribution in [2.45, 2.75) is 109 Å². The van der Waals surface area contributed by atoms with Crippen molar-refractivity contribution in [2.75, 3.05) is 6.61 Å². The number of carbonyl (C=O) groups excluding carboxylic acids is 5. The number of ether oxygens (including phenoxy) is 1. The van der Waals surface area contributed by atoms with Crippen molar-refractivity contribution in [1.29, 1.82) is 0 Å². The minimum atomic E-state index is -1.04. The van der Waals surface area contributed by atoms with Crippen LogP contribution in [0.5, 0.6) is 5.75 Å². The summed E-state index contributed by atoms with van der Waals surface area (Å²) in [6.45, 7) is 5.88. The fourth-order valence-corrected chi connectivity index (χ4v) is 6.77. The van der Waals surface area contributed by atoms with Gasteiger partial charge in [0.1, 0.15) is 37.0 Å². The lowest BCUT2D eigenvalue weighted by Crippen LogP contribution is -2.56. The summed E-state index contributed by atoms with van der Waals surface area (Å²) >= 11 is 0. The van der Waals surface area contributed by atoms with E-state index in [9.17, 15) is 24.0 Å². The summed E-state index contributed by atoms with van der Waals surface area (Å²) in [6, 6.07) is 13.1. The molecule has 7 rings (SSSR count). The summed E-state index contributed by atoms with van der Waals surface area (Å²) < 4.78 is 7.73. The minimum Gasteiger partial charge on any atom is -0.491 e. The molecule has 282 valence electrons. The Bertz CT molecular complexity index is 1770. The summed E-state index contributed by atoms with van der Waals surface area (Å²) in [5, 5.41) is 19.2.